The molecule has 0 saturated heterocycles. The first-order valence-corrected chi connectivity index (χ1v) is 6.74. The molecule has 0 aromatic heterocycles. The zero-order chi connectivity index (χ0) is 13.9. The minimum absolute atomic E-state index is 0.182. The van der Waals surface area contributed by atoms with Crippen LogP contribution in [0.3, 0.4) is 0 Å². The van der Waals surface area contributed by atoms with Crippen LogP contribution in [-0.2, 0) is 10.1 Å². The van der Waals surface area contributed by atoms with Crippen LogP contribution in [0.1, 0.15) is 0 Å². The van der Waals surface area contributed by atoms with Crippen molar-refractivity contribution in [3.05, 3.63) is 48.5 Å². The number of nitrogens with zero attached hydrogens (tertiary/aromatic N) is 2. The van der Waals surface area contributed by atoms with Crippen molar-refractivity contribution in [1.29, 1.82) is 0 Å². The molecule has 0 aliphatic heterocycles. The number of hydrogen-bond acceptors (Lipinski definition) is 5. The first-order chi connectivity index (χ1) is 8.95. The molecule has 0 amide bonds. The second kappa shape index (κ2) is 5.17. The quantitative estimate of drug-likeness (QED) is 0.511. The van der Waals surface area contributed by atoms with Gasteiger partial charge in [0, 0.05) is 5.69 Å². The fourth-order valence-electron chi connectivity index (χ4n) is 1.34. The topological polar surface area (TPSA) is 105 Å². The maximum absolute atomic E-state index is 10.8. The summed E-state index contributed by atoms with van der Waals surface area (Å²) in [5.41, 5.74) is 7.28. The lowest BCUT2D eigenvalue weighted by Crippen LogP contribution is -1.96. The molecule has 0 aliphatic carbocycles. The van der Waals surface area contributed by atoms with E-state index in [0.717, 1.165) is 0 Å². The number of hydrogen-bond donors (Lipinski definition) is 2. The van der Waals surface area contributed by atoms with Gasteiger partial charge in [0.15, 0.2) is 0 Å². The van der Waals surface area contributed by atoms with Gasteiger partial charge >= 0.3 is 0 Å². The highest BCUT2D eigenvalue weighted by Gasteiger charge is 2.07. The summed E-state index contributed by atoms with van der Waals surface area (Å²) in [6.45, 7) is 0. The fourth-order valence-corrected chi connectivity index (χ4v) is 1.82. The first kappa shape index (κ1) is 13.2. The van der Waals surface area contributed by atoms with Crippen molar-refractivity contribution < 1.29 is 13.0 Å². The Balaban J connectivity index is 2.18. The van der Waals surface area contributed by atoms with Crippen LogP contribution >= 0.6 is 0 Å². The molecular formula is C12H11N3O3S. The highest BCUT2D eigenvalue weighted by atomic mass is 32.2. The van der Waals surface area contributed by atoms with Crippen LogP contribution < -0.4 is 5.73 Å². The molecule has 0 spiro atoms. The predicted molar refractivity (Wildman–Crippen MR) is 71.3 cm³/mol. The van der Waals surface area contributed by atoms with E-state index in [2.05, 4.69) is 10.2 Å². The number of nitrogens with two attached hydrogens (primary N) is 1. The molecule has 7 heteroatoms. The molecule has 0 saturated carbocycles. The van der Waals surface area contributed by atoms with Gasteiger partial charge in [-0.2, -0.15) is 18.6 Å². The molecule has 0 fully saturated rings. The Morgan fingerprint density at radius 3 is 1.68 bits per heavy atom. The predicted octanol–water partition coefficient (Wildman–Crippen LogP) is 2.93. The van der Waals surface area contributed by atoms with Crippen LogP contribution in [0.15, 0.2) is 63.7 Å². The summed E-state index contributed by atoms with van der Waals surface area (Å²) in [6, 6.07) is 12.2. The van der Waals surface area contributed by atoms with Gasteiger partial charge in [-0.15, -0.1) is 0 Å². The highest BCUT2D eigenvalue weighted by molar-refractivity contribution is 7.85. The van der Waals surface area contributed by atoms with Gasteiger partial charge in [-0.25, -0.2) is 0 Å². The molecule has 0 atom stereocenters. The van der Waals surface area contributed by atoms with Gasteiger partial charge < -0.3 is 5.73 Å². The van der Waals surface area contributed by atoms with Crippen LogP contribution in [0, 0.1) is 0 Å². The van der Waals surface area contributed by atoms with E-state index in [1.165, 1.54) is 24.3 Å². The summed E-state index contributed by atoms with van der Waals surface area (Å²) in [7, 11) is -4.18. The third-order valence-corrected chi connectivity index (χ3v) is 3.18. The Bertz CT molecular complexity index is 692. The molecule has 0 aliphatic rings. The Hall–Kier alpha value is -2.25. The summed E-state index contributed by atoms with van der Waals surface area (Å²) in [6.07, 6.45) is 0. The van der Waals surface area contributed by atoms with Crippen molar-refractivity contribution in [2.75, 3.05) is 5.73 Å². The molecule has 2 rings (SSSR count). The first-order valence-electron chi connectivity index (χ1n) is 5.30. The Morgan fingerprint density at radius 2 is 1.26 bits per heavy atom. The number of azo groups is 1. The minimum Gasteiger partial charge on any atom is -0.399 e. The van der Waals surface area contributed by atoms with Crippen molar-refractivity contribution in [2.45, 2.75) is 4.90 Å². The van der Waals surface area contributed by atoms with E-state index < -0.39 is 10.1 Å². The number of rotatable bonds is 3. The molecule has 0 unspecified atom stereocenters. The van der Waals surface area contributed by atoms with Gasteiger partial charge in [0.25, 0.3) is 10.1 Å². The summed E-state index contributed by atoms with van der Waals surface area (Å²) >= 11 is 0. The lowest BCUT2D eigenvalue weighted by molar-refractivity contribution is 0.483. The smallest absolute Gasteiger partial charge is 0.294 e. The molecule has 98 valence electrons. The van der Waals surface area contributed by atoms with Crippen molar-refractivity contribution >= 4 is 27.2 Å². The highest BCUT2D eigenvalue weighted by Crippen LogP contribution is 2.20. The fraction of sp³-hybridized carbons (Fsp3) is 0. The third kappa shape index (κ3) is 3.60. The van der Waals surface area contributed by atoms with Gasteiger partial charge in [-0.3, -0.25) is 4.55 Å². The van der Waals surface area contributed by atoms with Crippen molar-refractivity contribution in [3.63, 3.8) is 0 Å². The van der Waals surface area contributed by atoms with Crippen LogP contribution in [0.2, 0.25) is 0 Å². The molecule has 3 N–H and O–H groups in total. The summed E-state index contributed by atoms with van der Waals surface area (Å²) in [4.78, 5) is -0.182. The maximum Gasteiger partial charge on any atom is 0.294 e. The van der Waals surface area contributed by atoms with E-state index in [0.29, 0.717) is 17.1 Å². The van der Waals surface area contributed by atoms with Gasteiger partial charge in [0.05, 0.1) is 16.3 Å². The Morgan fingerprint density at radius 1 is 0.842 bits per heavy atom. The number of anilines is 1. The third-order valence-electron chi connectivity index (χ3n) is 2.31. The summed E-state index contributed by atoms with van der Waals surface area (Å²) in [5.74, 6) is 0. The van der Waals surface area contributed by atoms with E-state index in [4.69, 9.17) is 10.3 Å². The second-order valence-electron chi connectivity index (χ2n) is 3.76. The normalized spacial score (nSPS) is 11.8. The van der Waals surface area contributed by atoms with Crippen molar-refractivity contribution in [3.8, 4) is 0 Å². The zero-order valence-corrected chi connectivity index (χ0v) is 10.6. The van der Waals surface area contributed by atoms with Gasteiger partial charge in [0.1, 0.15) is 0 Å². The van der Waals surface area contributed by atoms with E-state index in [1.807, 2.05) is 0 Å². The van der Waals surface area contributed by atoms with Crippen LogP contribution in [-0.4, -0.2) is 13.0 Å². The maximum atomic E-state index is 10.8. The Kier molecular flexibility index (Phi) is 3.59. The molecule has 0 bridgehead atoms. The molecule has 6 nitrogen and oxygen atoms in total. The number of nitrogen functional groups attached to an aromatic ring is 1. The standard InChI is InChI=1S/C12H11N3O3S/c13-9-1-3-10(4-2-9)14-15-11-5-7-12(8-6-11)19(16,17)18/h1-8H,13H2,(H,16,17,18). The molecule has 2 aromatic carbocycles. The van der Waals surface area contributed by atoms with Crippen molar-refractivity contribution in [1.82, 2.24) is 0 Å². The number of benzene rings is 2. The summed E-state index contributed by atoms with van der Waals surface area (Å²) < 4.78 is 30.5. The van der Waals surface area contributed by atoms with Crippen molar-refractivity contribution in [2.24, 2.45) is 10.2 Å². The van der Waals surface area contributed by atoms with Gasteiger partial charge in [-0.1, -0.05) is 0 Å². The molecule has 0 radical (unpaired) electrons. The Labute approximate surface area is 110 Å². The zero-order valence-electron chi connectivity index (χ0n) is 9.76. The molecule has 0 heterocycles. The van der Waals surface area contributed by atoms with E-state index in [9.17, 15) is 8.42 Å². The van der Waals surface area contributed by atoms with Gasteiger partial charge in [0.2, 0.25) is 0 Å². The average molecular weight is 277 g/mol. The van der Waals surface area contributed by atoms with Crippen LogP contribution in [0.25, 0.3) is 0 Å². The molecular weight excluding hydrogens is 266 g/mol. The molecule has 2 aromatic rings. The summed E-state index contributed by atoms with van der Waals surface area (Å²) in [5, 5.41) is 7.90. The van der Waals surface area contributed by atoms with E-state index >= 15 is 0 Å². The lowest BCUT2D eigenvalue weighted by atomic mass is 10.3. The largest absolute Gasteiger partial charge is 0.399 e. The second-order valence-corrected chi connectivity index (χ2v) is 5.18. The average Bonchev–Trinajstić information content (AvgIpc) is 2.37. The van der Waals surface area contributed by atoms with E-state index in [-0.39, 0.29) is 4.90 Å². The SMILES string of the molecule is Nc1ccc(N=Nc2ccc(S(=O)(=O)O)cc2)cc1. The minimum atomic E-state index is -4.18. The van der Waals surface area contributed by atoms with Crippen LogP contribution in [0.4, 0.5) is 17.1 Å². The monoisotopic (exact) mass is 277 g/mol. The lowest BCUT2D eigenvalue weighted by Gasteiger charge is -1.97. The van der Waals surface area contributed by atoms with E-state index in [1.54, 1.807) is 24.3 Å². The van der Waals surface area contributed by atoms with Gasteiger partial charge in [-0.05, 0) is 48.5 Å². The molecule has 19 heavy (non-hydrogen) atoms. The van der Waals surface area contributed by atoms with Crippen LogP contribution in [0.5, 0.6) is 0 Å².